The maximum absolute atomic E-state index is 14.2. The van der Waals surface area contributed by atoms with Crippen LogP contribution in [0.5, 0.6) is 0 Å². The first kappa shape index (κ1) is 29.1. The van der Waals surface area contributed by atoms with Crippen molar-refractivity contribution in [2.75, 3.05) is 13.2 Å². The molecule has 1 aromatic heterocycles. The Morgan fingerprint density at radius 1 is 1.02 bits per heavy atom. The molecule has 3 amide bonds. The van der Waals surface area contributed by atoms with Gasteiger partial charge in [-0.25, -0.2) is 4.68 Å². The maximum Gasteiger partial charge on any atom is 0.245 e. The molecular weight excluding hydrogens is 620 g/mol. The van der Waals surface area contributed by atoms with Crippen molar-refractivity contribution < 1.29 is 19.5 Å². The minimum Gasteiger partial charge on any atom is -0.396 e. The van der Waals surface area contributed by atoms with E-state index < -0.39 is 22.6 Å². The number of carbonyl (C=O) groups excluding carboxylic acids is 3. The van der Waals surface area contributed by atoms with E-state index in [2.05, 4.69) is 36.9 Å². The van der Waals surface area contributed by atoms with Crippen molar-refractivity contribution in [2.45, 2.75) is 66.2 Å². The maximum atomic E-state index is 14.2. The normalized spacial score (nSPS) is 27.9. The van der Waals surface area contributed by atoms with Crippen molar-refractivity contribution >= 4 is 56.4 Å². The molecule has 3 fully saturated rings. The molecule has 3 N–H and O–H groups in total. The lowest BCUT2D eigenvalue weighted by molar-refractivity contribution is -0.140. The topological polar surface area (TPSA) is 129 Å². The predicted octanol–water partition coefficient (Wildman–Crippen LogP) is 2.84. The van der Waals surface area contributed by atoms with Gasteiger partial charge < -0.3 is 20.6 Å². The lowest BCUT2D eigenvalue weighted by Crippen LogP contribution is -2.55. The standard InChI is InChI=1S/C30H35BrN6O4S/c31-20-16-30-24(23(25(20)42-30)27(39)32-17-19-10-4-3-5-11-19)29(41)36(14-8-1-2-9-15-38)26(30)28(40)33-18-37-22-13-7-6-12-21(22)34-35-37/h3-7,10-13,20,23-26,38H,1-2,8-9,14-18H2,(H,32,39)(H,33,40)/t20?,23-,24+,25-,26?,30?/m1/s1. The smallest absolute Gasteiger partial charge is 0.245 e. The number of aliphatic hydroxyl groups excluding tert-OH is 1. The molecule has 6 atom stereocenters. The molecule has 4 heterocycles. The van der Waals surface area contributed by atoms with Crippen LogP contribution < -0.4 is 10.6 Å². The van der Waals surface area contributed by atoms with E-state index in [1.165, 1.54) is 0 Å². The van der Waals surface area contributed by atoms with Gasteiger partial charge in [-0.2, -0.15) is 0 Å². The summed E-state index contributed by atoms with van der Waals surface area (Å²) in [4.78, 5) is 43.7. The largest absolute Gasteiger partial charge is 0.396 e. The van der Waals surface area contributed by atoms with Crippen molar-refractivity contribution in [3.05, 3.63) is 60.2 Å². The number of fused-ring (bicyclic) bond motifs is 2. The molecule has 10 nitrogen and oxygen atoms in total. The number of hydrogen-bond acceptors (Lipinski definition) is 7. The van der Waals surface area contributed by atoms with Crippen LogP contribution >= 0.6 is 27.7 Å². The zero-order valence-corrected chi connectivity index (χ0v) is 25.6. The minimum absolute atomic E-state index is 0.0121. The van der Waals surface area contributed by atoms with E-state index >= 15 is 0 Å². The number of likely N-dealkylation sites (tertiary alicyclic amines) is 1. The van der Waals surface area contributed by atoms with Crippen LogP contribution in [-0.4, -0.2) is 76.7 Å². The molecule has 0 saturated carbocycles. The van der Waals surface area contributed by atoms with Gasteiger partial charge in [0, 0.05) is 29.8 Å². The lowest BCUT2D eigenvalue weighted by Gasteiger charge is -2.35. The molecule has 2 bridgehead atoms. The number of nitrogens with one attached hydrogen (secondary N) is 2. The van der Waals surface area contributed by atoms with Crippen LogP contribution in [0.1, 0.15) is 37.7 Å². The highest BCUT2D eigenvalue weighted by Crippen LogP contribution is 2.67. The van der Waals surface area contributed by atoms with Crippen LogP contribution in [0, 0.1) is 11.8 Å². The summed E-state index contributed by atoms with van der Waals surface area (Å²) in [6, 6.07) is 16.6. The van der Waals surface area contributed by atoms with Gasteiger partial charge in [-0.15, -0.1) is 16.9 Å². The minimum atomic E-state index is -0.704. The van der Waals surface area contributed by atoms with E-state index in [4.69, 9.17) is 5.11 Å². The van der Waals surface area contributed by atoms with Gasteiger partial charge in [0.05, 0.1) is 22.1 Å². The Morgan fingerprint density at radius 2 is 1.79 bits per heavy atom. The fourth-order valence-electron chi connectivity index (χ4n) is 6.90. The summed E-state index contributed by atoms with van der Waals surface area (Å²) in [5.41, 5.74) is 2.54. The number of nitrogens with zero attached hydrogens (tertiary/aromatic N) is 4. The fourth-order valence-corrected chi connectivity index (χ4v) is 10.5. The molecule has 3 aliphatic heterocycles. The van der Waals surface area contributed by atoms with Crippen molar-refractivity contribution in [1.82, 2.24) is 30.5 Å². The summed E-state index contributed by atoms with van der Waals surface area (Å²) in [6.07, 6.45) is 3.77. The molecule has 3 aliphatic rings. The van der Waals surface area contributed by atoms with Crippen LogP contribution in [0.4, 0.5) is 0 Å². The molecule has 12 heteroatoms. The number of aromatic nitrogens is 3. The molecule has 6 rings (SSSR count). The number of aliphatic hydroxyl groups is 1. The third-order valence-electron chi connectivity index (χ3n) is 8.78. The van der Waals surface area contributed by atoms with Crippen LogP contribution in [0.15, 0.2) is 54.6 Å². The van der Waals surface area contributed by atoms with Crippen molar-refractivity contribution in [3.63, 3.8) is 0 Å². The number of amides is 3. The number of para-hydroxylation sites is 1. The third kappa shape index (κ3) is 5.22. The molecule has 1 spiro atoms. The van der Waals surface area contributed by atoms with Crippen molar-refractivity contribution in [2.24, 2.45) is 11.8 Å². The van der Waals surface area contributed by atoms with Gasteiger partial charge in [-0.3, -0.25) is 14.4 Å². The fraction of sp³-hybridized carbons (Fsp3) is 0.500. The number of alkyl halides is 1. The third-order valence-corrected chi connectivity index (χ3v) is 12.0. The first-order valence-corrected chi connectivity index (χ1v) is 16.3. The molecule has 2 aromatic carbocycles. The molecule has 0 aliphatic carbocycles. The first-order valence-electron chi connectivity index (χ1n) is 14.6. The molecular formula is C30H35BrN6O4S. The van der Waals surface area contributed by atoms with E-state index in [0.29, 0.717) is 25.9 Å². The van der Waals surface area contributed by atoms with E-state index in [9.17, 15) is 14.4 Å². The number of benzene rings is 2. The SMILES string of the molecule is O=C(NCn1nnc2ccccc21)C1N(CCCCCCO)C(=O)[C@@H]2[C@@H](C(=O)NCc3ccccc3)[C@@H]3SC12CC3Br. The zero-order chi connectivity index (χ0) is 29.3. The van der Waals surface area contributed by atoms with Gasteiger partial charge >= 0.3 is 0 Å². The van der Waals surface area contributed by atoms with Crippen LogP contribution in [-0.2, 0) is 27.6 Å². The number of halogens is 1. The lowest BCUT2D eigenvalue weighted by atomic mass is 9.70. The molecule has 3 unspecified atom stereocenters. The molecule has 3 aromatic rings. The van der Waals surface area contributed by atoms with Gasteiger partial charge in [0.25, 0.3) is 0 Å². The Kier molecular flexibility index (Phi) is 8.56. The Morgan fingerprint density at radius 3 is 2.60 bits per heavy atom. The molecule has 0 radical (unpaired) electrons. The Hall–Kier alpha value is -2.96. The second kappa shape index (κ2) is 12.3. The Bertz CT molecular complexity index is 1460. The van der Waals surface area contributed by atoms with E-state index in [0.717, 1.165) is 35.9 Å². The highest BCUT2D eigenvalue weighted by molar-refractivity contribution is 9.09. The summed E-state index contributed by atoms with van der Waals surface area (Å²) in [6.45, 7) is 1.09. The predicted molar refractivity (Wildman–Crippen MR) is 163 cm³/mol. The second-order valence-electron chi connectivity index (χ2n) is 11.3. The van der Waals surface area contributed by atoms with Gasteiger partial charge in [0.1, 0.15) is 18.2 Å². The average molecular weight is 656 g/mol. The first-order chi connectivity index (χ1) is 20.4. The van der Waals surface area contributed by atoms with Crippen LogP contribution in [0.3, 0.4) is 0 Å². The second-order valence-corrected chi connectivity index (χ2v) is 14.0. The summed E-state index contributed by atoms with van der Waals surface area (Å²) in [5, 5.41) is 23.6. The van der Waals surface area contributed by atoms with Crippen LogP contribution in [0.2, 0.25) is 0 Å². The summed E-state index contributed by atoms with van der Waals surface area (Å²) < 4.78 is 0.940. The number of unbranched alkanes of at least 4 members (excludes halogenated alkanes) is 3. The van der Waals surface area contributed by atoms with Gasteiger partial charge in [-0.1, -0.05) is 76.4 Å². The number of carbonyl (C=O) groups is 3. The molecule has 3 saturated heterocycles. The van der Waals surface area contributed by atoms with Crippen molar-refractivity contribution in [1.29, 1.82) is 0 Å². The highest BCUT2D eigenvalue weighted by atomic mass is 79.9. The summed E-state index contributed by atoms with van der Waals surface area (Å²) in [5.74, 6) is -1.59. The number of thioether (sulfide) groups is 1. The summed E-state index contributed by atoms with van der Waals surface area (Å²) in [7, 11) is 0. The van der Waals surface area contributed by atoms with Crippen molar-refractivity contribution in [3.8, 4) is 0 Å². The van der Waals surface area contributed by atoms with Crippen LogP contribution in [0.25, 0.3) is 11.0 Å². The van der Waals surface area contributed by atoms with Gasteiger partial charge in [0.2, 0.25) is 17.7 Å². The molecule has 42 heavy (non-hydrogen) atoms. The zero-order valence-electron chi connectivity index (χ0n) is 23.2. The highest BCUT2D eigenvalue weighted by Gasteiger charge is 2.75. The van der Waals surface area contributed by atoms with Gasteiger partial charge in [-0.05, 0) is 37.0 Å². The average Bonchev–Trinajstić information content (AvgIpc) is 3.72. The van der Waals surface area contributed by atoms with E-state index in [1.807, 2.05) is 54.6 Å². The monoisotopic (exact) mass is 654 g/mol. The summed E-state index contributed by atoms with van der Waals surface area (Å²) >= 11 is 5.45. The Balaban J connectivity index is 1.24. The molecule has 222 valence electrons. The quantitative estimate of drug-likeness (QED) is 0.202. The van der Waals surface area contributed by atoms with E-state index in [-0.39, 0.29) is 41.1 Å². The number of rotatable bonds is 12. The Labute approximate surface area is 257 Å². The van der Waals surface area contributed by atoms with E-state index in [1.54, 1.807) is 21.3 Å². The number of hydrogen-bond donors (Lipinski definition) is 3. The van der Waals surface area contributed by atoms with Gasteiger partial charge in [0.15, 0.2) is 0 Å².